The van der Waals surface area contributed by atoms with Crippen molar-refractivity contribution in [2.24, 2.45) is 0 Å². The highest BCUT2D eigenvalue weighted by Gasteiger charge is 2.50. The summed E-state index contributed by atoms with van der Waals surface area (Å²) in [4.78, 5) is 25.2. The lowest BCUT2D eigenvalue weighted by atomic mass is 9.79. The van der Waals surface area contributed by atoms with Crippen molar-refractivity contribution < 1.29 is 34.8 Å². The number of carbonyl (C=O) groups excluding carboxylic acids is 1. The predicted octanol–water partition coefficient (Wildman–Crippen LogP) is 3.65. The molecule has 0 aliphatic heterocycles. The average Bonchev–Trinajstić information content (AvgIpc) is 2.97. The van der Waals surface area contributed by atoms with Crippen LogP contribution in [0.25, 0.3) is 21.9 Å². The van der Waals surface area contributed by atoms with Gasteiger partial charge in [-0.2, -0.15) is 0 Å². The van der Waals surface area contributed by atoms with Gasteiger partial charge in [0.15, 0.2) is 5.60 Å². The van der Waals surface area contributed by atoms with Crippen molar-refractivity contribution in [3.05, 3.63) is 108 Å². The number of amides is 1. The summed E-state index contributed by atoms with van der Waals surface area (Å²) in [7, 11) is 0. The predicted molar refractivity (Wildman–Crippen MR) is 149 cm³/mol. The smallest absolute Gasteiger partial charge is 0.336 e. The van der Waals surface area contributed by atoms with Gasteiger partial charge in [-0.15, -0.1) is 0 Å². The summed E-state index contributed by atoms with van der Waals surface area (Å²) in [6, 6.07) is 28.6. The first-order valence-electron chi connectivity index (χ1n) is 13.1. The van der Waals surface area contributed by atoms with Gasteiger partial charge in [0.25, 0.3) is 5.91 Å². The summed E-state index contributed by atoms with van der Waals surface area (Å²) < 4.78 is 5.72. The van der Waals surface area contributed by atoms with Crippen molar-refractivity contribution in [1.29, 1.82) is 0 Å². The Bertz CT molecular complexity index is 1500. The lowest BCUT2D eigenvalue weighted by Gasteiger charge is -2.40. The minimum absolute atomic E-state index is 0.0741. The number of aliphatic carboxylic acids is 1. The molecule has 0 saturated heterocycles. The number of nitrogens with one attached hydrogen (secondary N) is 1. The first kappa shape index (κ1) is 27.5. The van der Waals surface area contributed by atoms with Crippen LogP contribution in [-0.2, 0) is 22.7 Å². The van der Waals surface area contributed by atoms with E-state index in [0.717, 1.165) is 27.5 Å². The summed E-state index contributed by atoms with van der Waals surface area (Å²) in [6.45, 7) is 0.311. The zero-order valence-electron chi connectivity index (χ0n) is 21.7. The molecule has 1 fully saturated rings. The lowest BCUT2D eigenvalue weighted by Crippen LogP contribution is -2.57. The van der Waals surface area contributed by atoms with Crippen molar-refractivity contribution in [3.63, 3.8) is 0 Å². The van der Waals surface area contributed by atoms with E-state index in [4.69, 9.17) is 4.74 Å². The third-order valence-electron chi connectivity index (χ3n) is 7.53. The van der Waals surface area contributed by atoms with Gasteiger partial charge < -0.3 is 30.5 Å². The van der Waals surface area contributed by atoms with Crippen molar-refractivity contribution in [1.82, 2.24) is 5.32 Å². The summed E-state index contributed by atoms with van der Waals surface area (Å²) in [5.74, 6) is -1.51. The maximum absolute atomic E-state index is 13.2. The molecule has 5 rings (SSSR count). The Kier molecular flexibility index (Phi) is 7.95. The van der Waals surface area contributed by atoms with E-state index in [9.17, 15) is 30.0 Å². The first-order chi connectivity index (χ1) is 19.3. The van der Waals surface area contributed by atoms with Gasteiger partial charge >= 0.3 is 5.97 Å². The number of benzene rings is 4. The van der Waals surface area contributed by atoms with Crippen LogP contribution in [0.3, 0.4) is 0 Å². The second kappa shape index (κ2) is 11.6. The zero-order chi connectivity index (χ0) is 28.3. The topological polar surface area (TPSA) is 136 Å². The molecule has 0 unspecified atom stereocenters. The van der Waals surface area contributed by atoms with Crippen LogP contribution < -0.4 is 5.32 Å². The molecule has 206 valence electrons. The van der Waals surface area contributed by atoms with Gasteiger partial charge in [-0.1, -0.05) is 84.9 Å². The standard InChI is InChI=1S/C32H31NO7/c34-27-16-32(31(38)39,17-28(35)29(27)36)40-19-20-12-14-22(15-13-20)25-10-3-4-11-26(25)30(37)33-18-23-8-5-7-21-6-1-2-9-24(21)23/h1-15,27-29,34-36H,16-19H2,(H,33,37)(H,38,39)/t27-,28-,29?,32?/m1/s1. The molecule has 1 amide bonds. The molecule has 0 radical (unpaired) electrons. The number of ether oxygens (including phenoxy) is 1. The van der Waals surface area contributed by atoms with Crippen LogP contribution in [0.2, 0.25) is 0 Å². The van der Waals surface area contributed by atoms with E-state index in [2.05, 4.69) is 5.32 Å². The SMILES string of the molecule is O=C(NCc1cccc2ccccc12)c1ccccc1-c1ccc(COC2(C(=O)O)C[C@@H](O)C(O)[C@H](O)C2)cc1. The van der Waals surface area contributed by atoms with Gasteiger partial charge in [0, 0.05) is 24.9 Å². The molecule has 2 atom stereocenters. The second-order valence-corrected chi connectivity index (χ2v) is 10.2. The molecule has 1 saturated carbocycles. The number of fused-ring (bicyclic) bond motifs is 1. The maximum atomic E-state index is 13.2. The molecular formula is C32H31NO7. The highest BCUT2D eigenvalue weighted by atomic mass is 16.5. The number of carboxylic acids is 1. The molecule has 5 N–H and O–H groups in total. The zero-order valence-corrected chi connectivity index (χ0v) is 21.7. The molecule has 40 heavy (non-hydrogen) atoms. The van der Waals surface area contributed by atoms with Crippen LogP contribution in [0.1, 0.15) is 34.3 Å². The highest BCUT2D eigenvalue weighted by molar-refractivity contribution is 6.01. The average molecular weight is 542 g/mol. The molecule has 0 spiro atoms. The maximum Gasteiger partial charge on any atom is 0.336 e. The van der Waals surface area contributed by atoms with Crippen molar-refractivity contribution >= 4 is 22.6 Å². The van der Waals surface area contributed by atoms with E-state index in [1.165, 1.54) is 0 Å². The number of carbonyl (C=O) groups is 2. The van der Waals surface area contributed by atoms with Gasteiger partial charge in [0.1, 0.15) is 6.10 Å². The molecule has 1 aliphatic rings. The van der Waals surface area contributed by atoms with Crippen LogP contribution >= 0.6 is 0 Å². The normalized spacial score (nSPS) is 22.6. The van der Waals surface area contributed by atoms with Crippen LogP contribution in [0.5, 0.6) is 0 Å². The quantitative estimate of drug-likeness (QED) is 0.230. The van der Waals surface area contributed by atoms with E-state index in [1.54, 1.807) is 18.2 Å². The van der Waals surface area contributed by atoms with Gasteiger partial charge in [-0.3, -0.25) is 4.79 Å². The molecule has 0 bridgehead atoms. The fourth-order valence-corrected chi connectivity index (χ4v) is 5.26. The third kappa shape index (κ3) is 5.61. The second-order valence-electron chi connectivity index (χ2n) is 10.2. The minimum Gasteiger partial charge on any atom is -0.479 e. The highest BCUT2D eigenvalue weighted by Crippen LogP contribution is 2.34. The molecule has 0 aromatic heterocycles. The van der Waals surface area contributed by atoms with Crippen molar-refractivity contribution in [2.75, 3.05) is 0 Å². The number of hydrogen-bond acceptors (Lipinski definition) is 6. The Labute approximate surface area is 231 Å². The lowest BCUT2D eigenvalue weighted by molar-refractivity contribution is -0.202. The number of carboxylic acid groups (broad SMARTS) is 1. The van der Waals surface area contributed by atoms with E-state index in [0.29, 0.717) is 17.7 Å². The number of rotatable bonds is 8. The number of aliphatic hydroxyl groups excluding tert-OH is 3. The Balaban J connectivity index is 1.29. The van der Waals surface area contributed by atoms with Crippen LogP contribution in [-0.4, -0.2) is 56.2 Å². The Morgan fingerprint density at radius 2 is 1.48 bits per heavy atom. The summed E-state index contributed by atoms with van der Waals surface area (Å²) in [6.07, 6.45) is -4.91. The Morgan fingerprint density at radius 3 is 2.20 bits per heavy atom. The van der Waals surface area contributed by atoms with Gasteiger partial charge in [-0.05, 0) is 39.1 Å². The Morgan fingerprint density at radius 1 is 0.825 bits per heavy atom. The van der Waals surface area contributed by atoms with Gasteiger partial charge in [0.2, 0.25) is 0 Å². The van der Waals surface area contributed by atoms with Crippen molar-refractivity contribution in [3.8, 4) is 11.1 Å². The van der Waals surface area contributed by atoms with Crippen LogP contribution in [0, 0.1) is 0 Å². The summed E-state index contributed by atoms with van der Waals surface area (Å²) >= 11 is 0. The molecule has 4 aromatic carbocycles. The molecule has 0 heterocycles. The van der Waals surface area contributed by atoms with Gasteiger partial charge in [0.05, 0.1) is 18.8 Å². The minimum atomic E-state index is -1.81. The molecule has 4 aromatic rings. The van der Waals surface area contributed by atoms with E-state index >= 15 is 0 Å². The summed E-state index contributed by atoms with van der Waals surface area (Å²) in [5, 5.41) is 44.9. The molecule has 8 heteroatoms. The summed E-state index contributed by atoms with van der Waals surface area (Å²) in [5.41, 5.74) is 1.97. The largest absolute Gasteiger partial charge is 0.479 e. The molecule has 1 aliphatic carbocycles. The monoisotopic (exact) mass is 541 g/mol. The van der Waals surface area contributed by atoms with Crippen molar-refractivity contribution in [2.45, 2.75) is 49.9 Å². The first-order valence-corrected chi connectivity index (χ1v) is 13.1. The number of hydrogen-bond donors (Lipinski definition) is 5. The molecular weight excluding hydrogens is 510 g/mol. The third-order valence-corrected chi connectivity index (χ3v) is 7.53. The van der Waals surface area contributed by atoms with E-state index in [1.807, 2.05) is 72.8 Å². The van der Waals surface area contributed by atoms with E-state index < -0.39 is 29.9 Å². The fraction of sp³-hybridized carbons (Fsp3) is 0.250. The number of aliphatic hydroxyl groups is 3. The van der Waals surface area contributed by atoms with Gasteiger partial charge in [-0.25, -0.2) is 4.79 Å². The van der Waals surface area contributed by atoms with Crippen LogP contribution in [0.15, 0.2) is 91.0 Å². The fourth-order valence-electron chi connectivity index (χ4n) is 5.26. The van der Waals surface area contributed by atoms with E-state index in [-0.39, 0.29) is 25.4 Å². The Hall–Kier alpha value is -4.08. The molecule has 8 nitrogen and oxygen atoms in total. The van der Waals surface area contributed by atoms with Crippen LogP contribution in [0.4, 0.5) is 0 Å².